The van der Waals surface area contributed by atoms with Crippen LogP contribution in [0.5, 0.6) is 0 Å². The molecule has 1 aliphatic heterocycles. The van der Waals surface area contributed by atoms with Gasteiger partial charge in [-0.25, -0.2) is 9.78 Å². The number of benzene rings is 1. The van der Waals surface area contributed by atoms with E-state index in [1.807, 2.05) is 24.3 Å². The van der Waals surface area contributed by atoms with Crippen LogP contribution in [0.15, 0.2) is 39.9 Å². The molecular formula is C20H24N6O3. The highest BCUT2D eigenvalue weighted by Crippen LogP contribution is 2.26. The molecule has 0 unspecified atom stereocenters. The first-order valence-electron chi connectivity index (χ1n) is 9.66. The van der Waals surface area contributed by atoms with Gasteiger partial charge in [0.2, 0.25) is 5.91 Å². The lowest BCUT2D eigenvalue weighted by atomic mass is 9.97. The Labute approximate surface area is 167 Å². The summed E-state index contributed by atoms with van der Waals surface area (Å²) in [7, 11) is 2.93. The molecule has 0 radical (unpaired) electrons. The highest BCUT2D eigenvalue weighted by Gasteiger charge is 2.25. The third-order valence-corrected chi connectivity index (χ3v) is 5.46. The molecule has 1 aromatic carbocycles. The highest BCUT2D eigenvalue weighted by molar-refractivity contribution is 5.91. The van der Waals surface area contributed by atoms with Crippen molar-refractivity contribution in [2.45, 2.75) is 18.8 Å². The van der Waals surface area contributed by atoms with Gasteiger partial charge in [-0.15, -0.1) is 0 Å². The lowest BCUT2D eigenvalue weighted by Gasteiger charge is -2.31. The van der Waals surface area contributed by atoms with Crippen LogP contribution >= 0.6 is 0 Å². The van der Waals surface area contributed by atoms with E-state index in [0.717, 1.165) is 47.4 Å². The molecule has 4 rings (SSSR count). The second-order valence-corrected chi connectivity index (χ2v) is 7.53. The fraction of sp³-hybridized carbons (Fsp3) is 0.400. The van der Waals surface area contributed by atoms with E-state index in [-0.39, 0.29) is 24.2 Å². The number of hydrogen-bond acceptors (Lipinski definition) is 5. The van der Waals surface area contributed by atoms with Gasteiger partial charge in [-0.2, -0.15) is 0 Å². The van der Waals surface area contributed by atoms with E-state index in [9.17, 15) is 14.4 Å². The highest BCUT2D eigenvalue weighted by atomic mass is 16.2. The summed E-state index contributed by atoms with van der Waals surface area (Å²) in [6, 6.07) is 9.19. The van der Waals surface area contributed by atoms with Gasteiger partial charge in [-0.05, 0) is 31.5 Å². The van der Waals surface area contributed by atoms with Crippen molar-refractivity contribution in [2.75, 3.05) is 25.0 Å². The normalized spacial score (nSPS) is 17.5. The van der Waals surface area contributed by atoms with Crippen LogP contribution < -0.4 is 16.6 Å². The molecule has 2 aromatic heterocycles. The van der Waals surface area contributed by atoms with E-state index in [1.54, 1.807) is 0 Å². The largest absolute Gasteiger partial charge is 0.342 e. The molecule has 0 aliphatic carbocycles. The summed E-state index contributed by atoms with van der Waals surface area (Å²) >= 11 is 0. The van der Waals surface area contributed by atoms with Gasteiger partial charge in [0.15, 0.2) is 0 Å². The number of likely N-dealkylation sites (tertiary alicyclic amines) is 1. The Hall–Kier alpha value is -3.20. The number of carbonyl (C=O) groups is 1. The van der Waals surface area contributed by atoms with Gasteiger partial charge in [0.05, 0.1) is 17.6 Å². The fourth-order valence-corrected chi connectivity index (χ4v) is 3.83. The minimum Gasteiger partial charge on any atom is -0.342 e. The van der Waals surface area contributed by atoms with E-state index in [1.165, 1.54) is 24.7 Å². The van der Waals surface area contributed by atoms with Crippen LogP contribution in [0.3, 0.4) is 0 Å². The second kappa shape index (κ2) is 7.67. The van der Waals surface area contributed by atoms with Gasteiger partial charge in [0.25, 0.3) is 5.56 Å². The first-order valence-corrected chi connectivity index (χ1v) is 9.66. The first kappa shape index (κ1) is 19.1. The zero-order valence-electron chi connectivity index (χ0n) is 16.5. The van der Waals surface area contributed by atoms with E-state index in [2.05, 4.69) is 15.2 Å². The van der Waals surface area contributed by atoms with Crippen molar-refractivity contribution in [1.29, 1.82) is 0 Å². The summed E-state index contributed by atoms with van der Waals surface area (Å²) in [6.45, 7) is 1.74. The summed E-state index contributed by atoms with van der Waals surface area (Å²) in [5, 5.41) is 2.69. The minimum absolute atomic E-state index is 0.195. The predicted octanol–water partition coefficient (Wildman–Crippen LogP) is 0.778. The van der Waals surface area contributed by atoms with Crippen LogP contribution in [0.1, 0.15) is 24.6 Å². The summed E-state index contributed by atoms with van der Waals surface area (Å²) in [5.41, 5.74) is 1.04. The molecule has 1 aliphatic rings. The van der Waals surface area contributed by atoms with Crippen LogP contribution in [0.25, 0.3) is 11.0 Å². The quantitative estimate of drug-likeness (QED) is 0.678. The van der Waals surface area contributed by atoms with Crippen molar-refractivity contribution in [3.63, 3.8) is 0 Å². The Balaban J connectivity index is 1.43. The summed E-state index contributed by atoms with van der Waals surface area (Å²) in [4.78, 5) is 46.5. The number of H-pyrrole nitrogens is 1. The molecule has 152 valence electrons. The molecule has 1 saturated heterocycles. The molecular weight excluding hydrogens is 372 g/mol. The number of carbonyl (C=O) groups excluding carboxylic acids is 1. The molecule has 9 nitrogen and oxygen atoms in total. The number of amides is 1. The summed E-state index contributed by atoms with van der Waals surface area (Å²) in [5.74, 6) is 1.13. The van der Waals surface area contributed by atoms with Gasteiger partial charge in [0.1, 0.15) is 11.6 Å². The standard InChI is InChI=1S/C20H24N6O3/c1-24-16(10-18(28)25(2)20(24)29)23-17(27)12-26-9-5-6-13(11-26)19-21-14-7-3-4-8-15(14)22-19/h3-4,7-8,10,13H,5-6,9,11-12H2,1-2H3,(H,21,22)(H,23,27)/t13-/m0/s1. The topological polar surface area (TPSA) is 105 Å². The number of anilines is 1. The van der Waals surface area contributed by atoms with Gasteiger partial charge in [-0.1, -0.05) is 12.1 Å². The Bertz CT molecular complexity index is 1140. The third-order valence-electron chi connectivity index (χ3n) is 5.46. The van der Waals surface area contributed by atoms with Crippen molar-refractivity contribution in [1.82, 2.24) is 24.0 Å². The molecule has 1 amide bonds. The third kappa shape index (κ3) is 3.86. The zero-order valence-corrected chi connectivity index (χ0v) is 16.5. The maximum Gasteiger partial charge on any atom is 0.332 e. The number of para-hydroxylation sites is 2. The van der Waals surface area contributed by atoms with Gasteiger partial charge in [-0.3, -0.25) is 23.6 Å². The van der Waals surface area contributed by atoms with Gasteiger partial charge < -0.3 is 10.3 Å². The number of nitrogens with one attached hydrogen (secondary N) is 2. The average Bonchev–Trinajstić information content (AvgIpc) is 3.15. The smallest absolute Gasteiger partial charge is 0.332 e. The van der Waals surface area contributed by atoms with Crippen LogP contribution in [-0.2, 0) is 18.9 Å². The summed E-state index contributed by atoms with van der Waals surface area (Å²) in [6.07, 6.45) is 1.99. The lowest BCUT2D eigenvalue weighted by molar-refractivity contribution is -0.117. The molecule has 0 bridgehead atoms. The Kier molecular flexibility index (Phi) is 5.06. The molecule has 0 spiro atoms. The van der Waals surface area contributed by atoms with E-state index in [4.69, 9.17) is 4.98 Å². The maximum atomic E-state index is 12.5. The molecule has 3 heterocycles. The molecule has 2 N–H and O–H groups in total. The fourth-order valence-electron chi connectivity index (χ4n) is 3.83. The first-order chi connectivity index (χ1) is 13.9. The average molecular weight is 396 g/mol. The molecule has 3 aromatic rings. The van der Waals surface area contributed by atoms with E-state index >= 15 is 0 Å². The van der Waals surface area contributed by atoms with Crippen LogP contribution in [0.2, 0.25) is 0 Å². The lowest BCUT2D eigenvalue weighted by Crippen LogP contribution is -2.42. The molecule has 1 fully saturated rings. The van der Waals surface area contributed by atoms with Crippen molar-refractivity contribution in [3.8, 4) is 0 Å². The van der Waals surface area contributed by atoms with Crippen molar-refractivity contribution < 1.29 is 4.79 Å². The maximum absolute atomic E-state index is 12.5. The molecule has 1 atom stereocenters. The van der Waals surface area contributed by atoms with Crippen LogP contribution in [-0.4, -0.2) is 49.5 Å². The zero-order chi connectivity index (χ0) is 20.5. The van der Waals surface area contributed by atoms with Crippen LogP contribution in [0, 0.1) is 0 Å². The van der Waals surface area contributed by atoms with Gasteiger partial charge in [0, 0.05) is 32.6 Å². The van der Waals surface area contributed by atoms with Crippen molar-refractivity contribution in [2.24, 2.45) is 14.1 Å². The number of fused-ring (bicyclic) bond motifs is 1. The Morgan fingerprint density at radius 2 is 2.03 bits per heavy atom. The predicted molar refractivity (Wildman–Crippen MR) is 110 cm³/mol. The van der Waals surface area contributed by atoms with Crippen LogP contribution in [0.4, 0.5) is 5.82 Å². The summed E-state index contributed by atoms with van der Waals surface area (Å²) < 4.78 is 2.25. The number of aromatic amines is 1. The Morgan fingerprint density at radius 1 is 1.24 bits per heavy atom. The Morgan fingerprint density at radius 3 is 2.83 bits per heavy atom. The number of nitrogens with zero attached hydrogens (tertiary/aromatic N) is 4. The SMILES string of the molecule is Cn1c(NC(=O)CN2CCC[C@H](c3nc4ccccc4[nH]3)C2)cc(=O)n(C)c1=O. The number of aromatic nitrogens is 4. The minimum atomic E-state index is -0.476. The van der Waals surface area contributed by atoms with Gasteiger partial charge >= 0.3 is 5.69 Å². The number of piperidine rings is 1. The van der Waals surface area contributed by atoms with E-state index in [0.29, 0.717) is 0 Å². The number of hydrogen-bond donors (Lipinski definition) is 2. The van der Waals surface area contributed by atoms with Crippen molar-refractivity contribution >= 4 is 22.8 Å². The van der Waals surface area contributed by atoms with E-state index < -0.39 is 11.2 Å². The van der Waals surface area contributed by atoms with Crippen molar-refractivity contribution in [3.05, 3.63) is 57.0 Å². The second-order valence-electron chi connectivity index (χ2n) is 7.53. The molecule has 0 saturated carbocycles. The molecule has 29 heavy (non-hydrogen) atoms. The number of imidazole rings is 1. The monoisotopic (exact) mass is 396 g/mol. The molecule has 9 heteroatoms. The number of rotatable bonds is 4.